The predicted octanol–water partition coefficient (Wildman–Crippen LogP) is -0.198. The summed E-state index contributed by atoms with van der Waals surface area (Å²) in [6.45, 7) is 5.20. The summed E-state index contributed by atoms with van der Waals surface area (Å²) in [4.78, 5) is 10.8. The average molecular weight is 167 g/mol. The standard InChI is InChI=1S/C8H13N3O/c1-2-10-8(7-9-1)11-3-5-12-6-4-11/h7H,1-6H2. The minimum Gasteiger partial charge on any atom is -0.378 e. The molecule has 66 valence electrons. The molecule has 0 aromatic carbocycles. The highest BCUT2D eigenvalue weighted by molar-refractivity contribution is 6.29. The second-order valence-corrected chi connectivity index (χ2v) is 2.87. The fourth-order valence-corrected chi connectivity index (χ4v) is 1.38. The van der Waals surface area contributed by atoms with Crippen molar-refractivity contribution in [3.05, 3.63) is 0 Å². The third-order valence-electron chi connectivity index (χ3n) is 2.04. The predicted molar refractivity (Wildman–Crippen MR) is 48.1 cm³/mol. The van der Waals surface area contributed by atoms with Crippen LogP contribution in [0.3, 0.4) is 0 Å². The van der Waals surface area contributed by atoms with Gasteiger partial charge < -0.3 is 9.64 Å². The summed E-state index contributed by atoms with van der Waals surface area (Å²) in [5.74, 6) is 1.03. The van der Waals surface area contributed by atoms with Gasteiger partial charge in [-0.1, -0.05) is 0 Å². The number of rotatable bonds is 0. The van der Waals surface area contributed by atoms with Gasteiger partial charge in [0.1, 0.15) is 5.84 Å². The van der Waals surface area contributed by atoms with E-state index < -0.39 is 0 Å². The molecule has 0 unspecified atom stereocenters. The molecule has 2 heterocycles. The van der Waals surface area contributed by atoms with Crippen molar-refractivity contribution in [1.29, 1.82) is 0 Å². The van der Waals surface area contributed by atoms with Crippen molar-refractivity contribution < 1.29 is 4.74 Å². The van der Waals surface area contributed by atoms with Crippen LogP contribution in [0.1, 0.15) is 0 Å². The molecule has 0 radical (unpaired) electrons. The Morgan fingerprint density at radius 1 is 1.25 bits per heavy atom. The van der Waals surface area contributed by atoms with Crippen LogP contribution in [0.25, 0.3) is 0 Å². The maximum absolute atomic E-state index is 5.25. The zero-order chi connectivity index (χ0) is 8.23. The topological polar surface area (TPSA) is 37.2 Å². The number of hydrogen-bond donors (Lipinski definition) is 0. The molecule has 2 aliphatic heterocycles. The van der Waals surface area contributed by atoms with Gasteiger partial charge in [0.25, 0.3) is 0 Å². The van der Waals surface area contributed by atoms with Crippen LogP contribution in [0.2, 0.25) is 0 Å². The van der Waals surface area contributed by atoms with E-state index >= 15 is 0 Å². The van der Waals surface area contributed by atoms with Crippen LogP contribution in [-0.4, -0.2) is 56.3 Å². The quantitative estimate of drug-likeness (QED) is 0.501. The highest BCUT2D eigenvalue weighted by Crippen LogP contribution is 1.99. The lowest BCUT2D eigenvalue weighted by atomic mass is 10.4. The van der Waals surface area contributed by atoms with E-state index in [-0.39, 0.29) is 0 Å². The monoisotopic (exact) mass is 167 g/mol. The number of aliphatic imine (C=N–C) groups is 2. The highest BCUT2D eigenvalue weighted by atomic mass is 16.5. The summed E-state index contributed by atoms with van der Waals surface area (Å²) in [6, 6.07) is 0. The lowest BCUT2D eigenvalue weighted by Gasteiger charge is -2.28. The van der Waals surface area contributed by atoms with E-state index in [0.717, 1.165) is 45.2 Å². The van der Waals surface area contributed by atoms with Crippen molar-refractivity contribution >= 4 is 12.1 Å². The van der Waals surface area contributed by atoms with Gasteiger partial charge in [0.05, 0.1) is 32.5 Å². The van der Waals surface area contributed by atoms with E-state index in [1.54, 1.807) is 0 Å². The lowest BCUT2D eigenvalue weighted by Crippen LogP contribution is -2.42. The summed E-state index contributed by atoms with van der Waals surface area (Å²) in [5.41, 5.74) is 0. The maximum atomic E-state index is 5.25. The van der Waals surface area contributed by atoms with Gasteiger partial charge in [-0.2, -0.15) is 0 Å². The van der Waals surface area contributed by atoms with E-state index in [2.05, 4.69) is 14.9 Å². The Morgan fingerprint density at radius 2 is 2.08 bits per heavy atom. The van der Waals surface area contributed by atoms with E-state index in [1.807, 2.05) is 6.21 Å². The number of nitrogens with zero attached hydrogens (tertiary/aromatic N) is 3. The van der Waals surface area contributed by atoms with Crippen LogP contribution in [0, 0.1) is 0 Å². The van der Waals surface area contributed by atoms with Crippen LogP contribution in [0.4, 0.5) is 0 Å². The molecule has 0 aromatic heterocycles. The number of morpholine rings is 1. The summed E-state index contributed by atoms with van der Waals surface area (Å²) in [7, 11) is 0. The lowest BCUT2D eigenvalue weighted by molar-refractivity contribution is 0.0688. The fourth-order valence-electron chi connectivity index (χ4n) is 1.38. The Kier molecular flexibility index (Phi) is 2.36. The van der Waals surface area contributed by atoms with E-state index in [4.69, 9.17) is 4.74 Å². The van der Waals surface area contributed by atoms with Crippen LogP contribution >= 0.6 is 0 Å². The molecule has 2 rings (SSSR count). The number of amidine groups is 1. The Morgan fingerprint density at radius 3 is 2.75 bits per heavy atom. The molecule has 1 saturated heterocycles. The highest BCUT2D eigenvalue weighted by Gasteiger charge is 2.13. The zero-order valence-corrected chi connectivity index (χ0v) is 7.07. The second kappa shape index (κ2) is 3.67. The van der Waals surface area contributed by atoms with Crippen molar-refractivity contribution in [2.24, 2.45) is 9.98 Å². The van der Waals surface area contributed by atoms with Crippen molar-refractivity contribution in [1.82, 2.24) is 4.90 Å². The smallest absolute Gasteiger partial charge is 0.142 e. The van der Waals surface area contributed by atoms with Gasteiger partial charge in [0.15, 0.2) is 0 Å². The second-order valence-electron chi connectivity index (χ2n) is 2.87. The van der Waals surface area contributed by atoms with Crippen LogP contribution < -0.4 is 0 Å². The minimum absolute atomic E-state index is 0.812. The van der Waals surface area contributed by atoms with E-state index in [1.165, 1.54) is 0 Å². The Bertz CT molecular complexity index is 206. The molecule has 2 aliphatic rings. The van der Waals surface area contributed by atoms with Gasteiger partial charge in [0.2, 0.25) is 0 Å². The molecular formula is C8H13N3O. The fraction of sp³-hybridized carbons (Fsp3) is 0.750. The molecule has 0 aliphatic carbocycles. The van der Waals surface area contributed by atoms with Crippen molar-refractivity contribution in [2.45, 2.75) is 0 Å². The van der Waals surface area contributed by atoms with Gasteiger partial charge in [-0.3, -0.25) is 9.98 Å². The van der Waals surface area contributed by atoms with Crippen molar-refractivity contribution in [3.8, 4) is 0 Å². The summed E-state index contributed by atoms with van der Waals surface area (Å²) >= 11 is 0. The Labute approximate surface area is 71.9 Å². The molecule has 0 atom stereocenters. The maximum Gasteiger partial charge on any atom is 0.142 e. The van der Waals surface area contributed by atoms with Crippen LogP contribution in [-0.2, 0) is 4.74 Å². The molecule has 0 amide bonds. The van der Waals surface area contributed by atoms with Crippen molar-refractivity contribution in [3.63, 3.8) is 0 Å². The minimum atomic E-state index is 0.812. The largest absolute Gasteiger partial charge is 0.378 e. The molecule has 4 heteroatoms. The SMILES string of the molecule is C1=NCCN=C1N1CCOCC1. The number of hydrogen-bond acceptors (Lipinski definition) is 4. The summed E-state index contributed by atoms with van der Waals surface area (Å²) in [5, 5.41) is 0. The first kappa shape index (κ1) is 7.73. The molecule has 0 N–H and O–H groups in total. The first-order chi connectivity index (χ1) is 5.97. The van der Waals surface area contributed by atoms with E-state index in [9.17, 15) is 0 Å². The molecule has 12 heavy (non-hydrogen) atoms. The van der Waals surface area contributed by atoms with Gasteiger partial charge in [-0.15, -0.1) is 0 Å². The van der Waals surface area contributed by atoms with Crippen LogP contribution in [0.15, 0.2) is 9.98 Å². The number of ether oxygens (including phenoxy) is 1. The molecule has 4 nitrogen and oxygen atoms in total. The molecular weight excluding hydrogens is 154 g/mol. The average Bonchev–Trinajstić information content (AvgIpc) is 2.21. The first-order valence-corrected chi connectivity index (χ1v) is 4.34. The Balaban J connectivity index is 1.97. The van der Waals surface area contributed by atoms with Gasteiger partial charge in [0, 0.05) is 13.1 Å². The van der Waals surface area contributed by atoms with Gasteiger partial charge in [-0.05, 0) is 0 Å². The molecule has 0 saturated carbocycles. The summed E-state index contributed by atoms with van der Waals surface area (Å²) in [6.07, 6.45) is 1.87. The Hall–Kier alpha value is -0.900. The summed E-state index contributed by atoms with van der Waals surface area (Å²) < 4.78 is 5.25. The van der Waals surface area contributed by atoms with E-state index in [0.29, 0.717) is 0 Å². The van der Waals surface area contributed by atoms with Crippen molar-refractivity contribution in [2.75, 3.05) is 39.4 Å². The zero-order valence-electron chi connectivity index (χ0n) is 7.07. The molecule has 1 fully saturated rings. The van der Waals surface area contributed by atoms with Gasteiger partial charge in [-0.25, -0.2) is 0 Å². The third kappa shape index (κ3) is 1.64. The molecule has 0 spiro atoms. The normalized spacial score (nSPS) is 24.0. The van der Waals surface area contributed by atoms with Gasteiger partial charge >= 0.3 is 0 Å². The molecule has 0 aromatic rings. The third-order valence-corrected chi connectivity index (χ3v) is 2.04. The van der Waals surface area contributed by atoms with Crippen LogP contribution in [0.5, 0.6) is 0 Å². The first-order valence-electron chi connectivity index (χ1n) is 4.34. The molecule has 0 bridgehead atoms.